The summed E-state index contributed by atoms with van der Waals surface area (Å²) >= 11 is 3.96. The Labute approximate surface area is 425 Å². The van der Waals surface area contributed by atoms with E-state index in [0.29, 0.717) is 0 Å². The van der Waals surface area contributed by atoms with Crippen LogP contribution in [0.4, 0.5) is 45.5 Å². The van der Waals surface area contributed by atoms with Gasteiger partial charge in [0.2, 0.25) is 0 Å². The van der Waals surface area contributed by atoms with Crippen LogP contribution in [0.2, 0.25) is 0 Å². The SMILES string of the molecule is CC(C)(C)c1ccc2c(c1)C1(C)CCCCC1(C)N2c1ccc2c(c1)N(c1cccc3sc4ccccc4c13)c1cccc3c1B2c1sc2cc4c(c5c2c1N3c1ccccc1-5)-c1ccccc1C4(C)C. The summed E-state index contributed by atoms with van der Waals surface area (Å²) in [4.78, 5) is 8.15. The van der Waals surface area contributed by atoms with Crippen LogP contribution in [0.3, 0.4) is 0 Å². The number of hydrogen-bond acceptors (Lipinski definition) is 5. The van der Waals surface area contributed by atoms with Crippen molar-refractivity contribution >= 4 is 121 Å². The Morgan fingerprint density at radius 1 is 0.521 bits per heavy atom. The summed E-state index contributed by atoms with van der Waals surface area (Å²) in [5.41, 5.74) is 24.4. The van der Waals surface area contributed by atoms with Gasteiger partial charge in [0.25, 0.3) is 6.71 Å². The molecular formula is C65H54BN3S2. The Bertz CT molecular complexity index is 4050. The summed E-state index contributed by atoms with van der Waals surface area (Å²) in [5, 5.41) is 4.06. The average molecular weight is 952 g/mol. The molecule has 344 valence electrons. The summed E-state index contributed by atoms with van der Waals surface area (Å²) < 4.78 is 5.49. The topological polar surface area (TPSA) is 9.72 Å². The Kier molecular flexibility index (Phi) is 7.79. The monoisotopic (exact) mass is 951 g/mol. The first-order valence-corrected chi connectivity index (χ1v) is 27.6. The van der Waals surface area contributed by atoms with Gasteiger partial charge in [-0.15, -0.1) is 22.7 Å². The molecule has 6 heterocycles. The minimum Gasteiger partial charge on any atom is -0.334 e. The molecule has 71 heavy (non-hydrogen) atoms. The summed E-state index contributed by atoms with van der Waals surface area (Å²) in [6, 6.07) is 59.5. The fraction of sp³-hybridized carbons (Fsp3) is 0.231. The van der Waals surface area contributed by atoms with E-state index >= 15 is 0 Å². The fourth-order valence-corrected chi connectivity index (χ4v) is 17.6. The molecule has 2 aromatic heterocycles. The first-order valence-electron chi connectivity index (χ1n) is 25.9. The molecule has 0 saturated heterocycles. The summed E-state index contributed by atoms with van der Waals surface area (Å²) in [5.74, 6) is 0. The Balaban J connectivity index is 1.00. The van der Waals surface area contributed by atoms with Crippen molar-refractivity contribution in [3.05, 3.63) is 174 Å². The molecule has 0 bridgehead atoms. The Hall–Kier alpha value is -6.60. The van der Waals surface area contributed by atoms with Crippen molar-refractivity contribution < 1.29 is 0 Å². The van der Waals surface area contributed by atoms with Crippen molar-refractivity contribution in [1.82, 2.24) is 0 Å². The van der Waals surface area contributed by atoms with E-state index in [1.54, 1.807) is 0 Å². The second-order valence-electron chi connectivity index (χ2n) is 23.5. The number of hydrogen-bond donors (Lipinski definition) is 0. The summed E-state index contributed by atoms with van der Waals surface area (Å²) in [7, 11) is 0. The van der Waals surface area contributed by atoms with E-state index < -0.39 is 0 Å². The first-order chi connectivity index (χ1) is 34.4. The van der Waals surface area contributed by atoms with Crippen LogP contribution in [0.15, 0.2) is 152 Å². The number of thiophene rings is 2. The number of para-hydroxylation sites is 1. The van der Waals surface area contributed by atoms with Crippen LogP contribution in [0.1, 0.15) is 96.4 Å². The molecule has 16 rings (SSSR count). The predicted molar refractivity (Wildman–Crippen MR) is 307 cm³/mol. The van der Waals surface area contributed by atoms with Gasteiger partial charge in [0.1, 0.15) is 0 Å². The van der Waals surface area contributed by atoms with Crippen LogP contribution in [0, 0.1) is 0 Å². The molecule has 0 N–H and O–H groups in total. The van der Waals surface area contributed by atoms with Crippen LogP contribution in [-0.4, -0.2) is 12.3 Å². The molecule has 0 radical (unpaired) electrons. The zero-order valence-corrected chi connectivity index (χ0v) is 43.1. The molecule has 2 aliphatic carbocycles. The van der Waals surface area contributed by atoms with Crippen LogP contribution >= 0.6 is 22.7 Å². The van der Waals surface area contributed by atoms with Gasteiger partial charge in [-0.05, 0) is 130 Å². The minimum atomic E-state index is -0.113. The van der Waals surface area contributed by atoms with Gasteiger partial charge in [0.15, 0.2) is 0 Å². The Morgan fingerprint density at radius 3 is 2.10 bits per heavy atom. The van der Waals surface area contributed by atoms with E-state index in [1.165, 1.54) is 155 Å². The number of benzene rings is 8. The van der Waals surface area contributed by atoms with Crippen LogP contribution < -0.4 is 30.4 Å². The van der Waals surface area contributed by atoms with Crippen LogP contribution in [-0.2, 0) is 16.2 Å². The van der Waals surface area contributed by atoms with Crippen LogP contribution in [0.5, 0.6) is 0 Å². The molecule has 1 fully saturated rings. The van der Waals surface area contributed by atoms with Gasteiger partial charge >= 0.3 is 0 Å². The third-order valence-electron chi connectivity index (χ3n) is 18.7. The second kappa shape index (κ2) is 13.5. The van der Waals surface area contributed by atoms with E-state index in [0.717, 1.165) is 6.42 Å². The maximum Gasteiger partial charge on any atom is 0.264 e. The van der Waals surface area contributed by atoms with Crippen molar-refractivity contribution in [3.8, 4) is 22.3 Å². The van der Waals surface area contributed by atoms with Gasteiger partial charge in [0, 0.05) is 85.4 Å². The van der Waals surface area contributed by atoms with Gasteiger partial charge in [-0.2, -0.15) is 0 Å². The predicted octanol–water partition coefficient (Wildman–Crippen LogP) is 16.7. The zero-order chi connectivity index (χ0) is 47.7. The van der Waals surface area contributed by atoms with Crippen LogP contribution in [0.25, 0.3) is 52.5 Å². The Morgan fingerprint density at radius 2 is 1.24 bits per heavy atom. The molecule has 6 heteroatoms. The van der Waals surface area contributed by atoms with Crippen molar-refractivity contribution in [3.63, 3.8) is 0 Å². The van der Waals surface area contributed by atoms with Crippen molar-refractivity contribution in [1.29, 1.82) is 0 Å². The molecule has 0 spiro atoms. The normalized spacial score (nSPS) is 20.5. The largest absolute Gasteiger partial charge is 0.334 e. The molecular weight excluding hydrogens is 898 g/mol. The smallest absolute Gasteiger partial charge is 0.264 e. The fourth-order valence-electron chi connectivity index (χ4n) is 15.1. The lowest BCUT2D eigenvalue weighted by Crippen LogP contribution is -2.60. The minimum absolute atomic E-state index is 0.0239. The molecule has 3 nitrogen and oxygen atoms in total. The van der Waals surface area contributed by atoms with E-state index in [4.69, 9.17) is 0 Å². The van der Waals surface area contributed by atoms with E-state index in [-0.39, 0.29) is 28.5 Å². The van der Waals surface area contributed by atoms with E-state index in [9.17, 15) is 0 Å². The highest BCUT2D eigenvalue weighted by atomic mass is 32.1. The molecule has 1 saturated carbocycles. The second-order valence-corrected chi connectivity index (χ2v) is 25.7. The molecule has 10 aromatic rings. The third kappa shape index (κ3) is 4.92. The molecule has 6 aliphatic rings. The number of fused-ring (bicyclic) bond motifs is 17. The maximum absolute atomic E-state index is 2.80. The third-order valence-corrected chi connectivity index (χ3v) is 21.0. The lowest BCUT2D eigenvalue weighted by atomic mass is 9.36. The highest BCUT2D eigenvalue weighted by Crippen LogP contribution is 2.64. The van der Waals surface area contributed by atoms with E-state index in [1.807, 2.05) is 22.7 Å². The molecule has 4 aliphatic heterocycles. The summed E-state index contributed by atoms with van der Waals surface area (Å²) in [6.07, 6.45) is 4.87. The van der Waals surface area contributed by atoms with Gasteiger partial charge in [-0.25, -0.2) is 0 Å². The lowest BCUT2D eigenvalue weighted by molar-refractivity contribution is 0.195. The molecule has 0 amide bonds. The van der Waals surface area contributed by atoms with Gasteiger partial charge < -0.3 is 14.7 Å². The van der Waals surface area contributed by atoms with Crippen molar-refractivity contribution in [2.24, 2.45) is 0 Å². The highest BCUT2D eigenvalue weighted by Gasteiger charge is 2.58. The maximum atomic E-state index is 2.80. The van der Waals surface area contributed by atoms with Gasteiger partial charge in [0.05, 0.1) is 22.6 Å². The standard InChI is InChI=1S/C65H54BN3S2/c1-62(2,3)37-28-31-47-43(34-37)64(6)32-14-15-33-65(64,7)69(47)38-29-30-45-51(35-38)67(48-23-17-27-53-56(48)41-20-10-13-26-52(41)70-53)49-24-16-25-50-59(49)66(45)61-60-58-54(71-61)36-44-55(39-18-8-11-21-42(39)63(44,4)5)57(58)40-19-9-12-22-46(40)68(50)60/h8-13,16-31,34-36H,14-15,32-33H2,1-7H3. The van der Waals surface area contributed by atoms with E-state index in [2.05, 4.69) is 215 Å². The lowest BCUT2D eigenvalue weighted by Gasteiger charge is -2.50. The molecule has 2 unspecified atom stereocenters. The quantitative estimate of drug-likeness (QED) is 0.160. The van der Waals surface area contributed by atoms with Gasteiger partial charge in [-0.3, -0.25) is 0 Å². The van der Waals surface area contributed by atoms with Crippen molar-refractivity contribution in [2.75, 3.05) is 14.7 Å². The molecule has 8 aromatic carbocycles. The first kappa shape index (κ1) is 41.1. The highest BCUT2D eigenvalue weighted by molar-refractivity contribution is 7.34. The van der Waals surface area contributed by atoms with Gasteiger partial charge in [-0.1, -0.05) is 145 Å². The number of anilines is 8. The number of rotatable bonds is 2. The molecule has 2 atom stereocenters. The number of nitrogens with zero attached hydrogens (tertiary/aromatic N) is 3. The zero-order valence-electron chi connectivity index (χ0n) is 41.5. The average Bonchev–Trinajstić information content (AvgIpc) is 4.09. The summed E-state index contributed by atoms with van der Waals surface area (Å²) in [6.45, 7) is 17.2. The van der Waals surface area contributed by atoms with Crippen molar-refractivity contribution in [2.45, 2.75) is 95.9 Å².